The Labute approximate surface area is 166 Å². The predicted molar refractivity (Wildman–Crippen MR) is 112 cm³/mol. The second-order valence-corrected chi connectivity index (χ2v) is 6.92. The summed E-state index contributed by atoms with van der Waals surface area (Å²) in [4.78, 5) is 15.4. The number of hydrogen-bond donors (Lipinski definition) is 1. The summed E-state index contributed by atoms with van der Waals surface area (Å²) in [5, 5.41) is 3.48. The van der Waals surface area contributed by atoms with Crippen molar-refractivity contribution in [1.29, 1.82) is 0 Å². The van der Waals surface area contributed by atoms with Gasteiger partial charge in [-0.1, -0.05) is 32.0 Å². The minimum absolute atomic E-state index is 0.0242. The number of rotatable bonds is 9. The van der Waals surface area contributed by atoms with Gasteiger partial charge in [0.25, 0.3) is 5.56 Å². The van der Waals surface area contributed by atoms with Crippen LogP contribution in [0, 0.1) is 6.92 Å². The molecular weight excluding hydrogens is 352 g/mol. The third-order valence-electron chi connectivity index (χ3n) is 5.44. The van der Waals surface area contributed by atoms with Crippen LogP contribution in [0.25, 0.3) is 5.69 Å². The molecule has 0 amide bonds. The van der Waals surface area contributed by atoms with Gasteiger partial charge in [-0.25, -0.2) is 4.68 Å². The SMILES string of the molecule is CCN(CC)C(CNCc1c(C)n(C)n(-c2ccccc2)c1=O)c1ccco1. The van der Waals surface area contributed by atoms with Crippen molar-refractivity contribution in [3.63, 3.8) is 0 Å². The summed E-state index contributed by atoms with van der Waals surface area (Å²) >= 11 is 0. The number of hydrogen-bond acceptors (Lipinski definition) is 4. The van der Waals surface area contributed by atoms with E-state index in [1.807, 2.05) is 61.1 Å². The first-order chi connectivity index (χ1) is 13.6. The molecule has 1 atom stereocenters. The number of likely N-dealkylation sites (N-methyl/N-ethyl adjacent to an activating group) is 1. The lowest BCUT2D eigenvalue weighted by Crippen LogP contribution is -2.36. The molecule has 0 spiro atoms. The molecule has 0 fully saturated rings. The zero-order valence-electron chi connectivity index (χ0n) is 17.2. The first-order valence-corrected chi connectivity index (χ1v) is 9.89. The monoisotopic (exact) mass is 382 g/mol. The van der Waals surface area contributed by atoms with Crippen LogP contribution in [0.2, 0.25) is 0 Å². The van der Waals surface area contributed by atoms with Crippen molar-refractivity contribution in [1.82, 2.24) is 19.6 Å². The average Bonchev–Trinajstić information content (AvgIpc) is 3.31. The van der Waals surface area contributed by atoms with Crippen LogP contribution in [0.5, 0.6) is 0 Å². The fourth-order valence-corrected chi connectivity index (χ4v) is 3.72. The minimum Gasteiger partial charge on any atom is -0.468 e. The van der Waals surface area contributed by atoms with E-state index in [-0.39, 0.29) is 11.6 Å². The second kappa shape index (κ2) is 9.08. The van der Waals surface area contributed by atoms with E-state index in [0.717, 1.165) is 35.8 Å². The van der Waals surface area contributed by atoms with Crippen molar-refractivity contribution < 1.29 is 4.42 Å². The number of benzene rings is 1. The Morgan fingerprint density at radius 2 is 1.82 bits per heavy atom. The third kappa shape index (κ3) is 3.98. The number of aromatic nitrogens is 2. The summed E-state index contributed by atoms with van der Waals surface area (Å²) in [5.41, 5.74) is 2.67. The molecule has 0 aliphatic rings. The quantitative estimate of drug-likeness (QED) is 0.617. The normalized spacial score (nSPS) is 12.6. The smallest absolute Gasteiger partial charge is 0.276 e. The minimum atomic E-state index is 0.0242. The Hall–Kier alpha value is -2.57. The molecule has 150 valence electrons. The fourth-order valence-electron chi connectivity index (χ4n) is 3.72. The maximum atomic E-state index is 13.0. The van der Waals surface area contributed by atoms with E-state index in [1.165, 1.54) is 0 Å². The van der Waals surface area contributed by atoms with Crippen molar-refractivity contribution in [2.24, 2.45) is 7.05 Å². The highest BCUT2D eigenvalue weighted by atomic mass is 16.3. The van der Waals surface area contributed by atoms with Crippen molar-refractivity contribution in [3.8, 4) is 5.69 Å². The second-order valence-electron chi connectivity index (χ2n) is 6.92. The van der Waals surface area contributed by atoms with E-state index in [0.29, 0.717) is 13.1 Å². The average molecular weight is 383 g/mol. The van der Waals surface area contributed by atoms with Gasteiger partial charge in [0.1, 0.15) is 5.76 Å². The Morgan fingerprint density at radius 3 is 2.43 bits per heavy atom. The Kier molecular flexibility index (Phi) is 6.54. The number of nitrogens with one attached hydrogen (secondary N) is 1. The molecule has 0 saturated heterocycles. The molecule has 2 heterocycles. The molecule has 3 rings (SSSR count). The molecule has 0 aliphatic carbocycles. The standard InChI is InChI=1S/C22H30N4O2/c1-5-25(6-2)20(21-13-10-14-28-21)16-23-15-19-17(3)24(4)26(22(19)27)18-11-8-7-9-12-18/h7-14,20,23H,5-6,15-16H2,1-4H3. The first kappa shape index (κ1) is 20.2. The molecule has 1 aromatic carbocycles. The van der Waals surface area contributed by atoms with Crippen LogP contribution in [0.15, 0.2) is 57.9 Å². The number of furan rings is 1. The largest absolute Gasteiger partial charge is 0.468 e. The molecular formula is C22H30N4O2. The summed E-state index contributed by atoms with van der Waals surface area (Å²) in [6.45, 7) is 9.42. The Bertz CT molecular complexity index is 922. The topological polar surface area (TPSA) is 55.3 Å². The van der Waals surface area contributed by atoms with Gasteiger partial charge in [0, 0.05) is 25.8 Å². The molecule has 1 unspecified atom stereocenters. The van der Waals surface area contributed by atoms with Crippen LogP contribution in [0.4, 0.5) is 0 Å². The molecule has 1 N–H and O–H groups in total. The van der Waals surface area contributed by atoms with E-state index in [2.05, 4.69) is 24.1 Å². The van der Waals surface area contributed by atoms with Gasteiger partial charge in [0.2, 0.25) is 0 Å². The molecule has 3 aromatic rings. The van der Waals surface area contributed by atoms with Crippen LogP contribution in [-0.4, -0.2) is 33.9 Å². The van der Waals surface area contributed by atoms with Crippen molar-refractivity contribution >= 4 is 0 Å². The molecule has 6 nitrogen and oxygen atoms in total. The summed E-state index contributed by atoms with van der Waals surface area (Å²) in [6.07, 6.45) is 1.71. The molecule has 0 bridgehead atoms. The molecule has 0 aliphatic heterocycles. The van der Waals surface area contributed by atoms with Gasteiger partial charge < -0.3 is 9.73 Å². The van der Waals surface area contributed by atoms with Crippen LogP contribution < -0.4 is 10.9 Å². The van der Waals surface area contributed by atoms with Gasteiger partial charge >= 0.3 is 0 Å². The van der Waals surface area contributed by atoms with Gasteiger partial charge in [-0.3, -0.25) is 14.4 Å². The van der Waals surface area contributed by atoms with Gasteiger partial charge in [0.05, 0.1) is 23.6 Å². The van der Waals surface area contributed by atoms with E-state index in [9.17, 15) is 4.79 Å². The number of para-hydroxylation sites is 1. The van der Waals surface area contributed by atoms with Gasteiger partial charge in [-0.2, -0.15) is 0 Å². The van der Waals surface area contributed by atoms with Gasteiger partial charge in [0.15, 0.2) is 0 Å². The third-order valence-corrected chi connectivity index (χ3v) is 5.44. The van der Waals surface area contributed by atoms with Crippen LogP contribution >= 0.6 is 0 Å². The van der Waals surface area contributed by atoms with E-state index in [4.69, 9.17) is 4.42 Å². The lowest BCUT2D eigenvalue weighted by Gasteiger charge is -2.28. The lowest BCUT2D eigenvalue weighted by atomic mass is 10.1. The number of nitrogens with zero attached hydrogens (tertiary/aromatic N) is 3. The predicted octanol–water partition coefficient (Wildman–Crippen LogP) is 3.25. The summed E-state index contributed by atoms with van der Waals surface area (Å²) in [6, 6.07) is 13.8. The maximum absolute atomic E-state index is 13.0. The molecule has 6 heteroatoms. The molecule has 0 saturated carbocycles. The first-order valence-electron chi connectivity index (χ1n) is 9.89. The van der Waals surface area contributed by atoms with Crippen molar-refractivity contribution in [2.75, 3.05) is 19.6 Å². The maximum Gasteiger partial charge on any atom is 0.276 e. The summed E-state index contributed by atoms with van der Waals surface area (Å²) in [7, 11) is 1.93. The van der Waals surface area contributed by atoms with Gasteiger partial charge in [-0.15, -0.1) is 0 Å². The highest BCUT2D eigenvalue weighted by Crippen LogP contribution is 2.20. The van der Waals surface area contributed by atoms with Crippen LogP contribution in [0.1, 0.15) is 36.9 Å². The van der Waals surface area contributed by atoms with Crippen LogP contribution in [0.3, 0.4) is 0 Å². The Balaban J connectivity index is 1.78. The van der Waals surface area contributed by atoms with Crippen molar-refractivity contribution in [3.05, 3.63) is 76.1 Å². The zero-order valence-corrected chi connectivity index (χ0v) is 17.2. The lowest BCUT2D eigenvalue weighted by molar-refractivity contribution is 0.188. The Morgan fingerprint density at radius 1 is 1.11 bits per heavy atom. The van der Waals surface area contributed by atoms with E-state index in [1.54, 1.807) is 10.9 Å². The fraction of sp³-hybridized carbons (Fsp3) is 0.409. The van der Waals surface area contributed by atoms with Crippen molar-refractivity contribution in [2.45, 2.75) is 33.4 Å². The van der Waals surface area contributed by atoms with Gasteiger partial charge in [-0.05, 0) is 44.3 Å². The highest BCUT2D eigenvalue weighted by molar-refractivity contribution is 5.33. The molecule has 28 heavy (non-hydrogen) atoms. The zero-order chi connectivity index (χ0) is 20.1. The highest BCUT2D eigenvalue weighted by Gasteiger charge is 2.21. The summed E-state index contributed by atoms with van der Waals surface area (Å²) in [5.74, 6) is 0.947. The van der Waals surface area contributed by atoms with Crippen LogP contribution in [-0.2, 0) is 13.6 Å². The summed E-state index contributed by atoms with van der Waals surface area (Å²) < 4.78 is 9.30. The molecule has 2 aromatic heterocycles. The molecule has 0 radical (unpaired) electrons. The van der Waals surface area contributed by atoms with E-state index >= 15 is 0 Å². The van der Waals surface area contributed by atoms with E-state index < -0.39 is 0 Å².